The van der Waals surface area contributed by atoms with Gasteiger partial charge in [-0.15, -0.1) is 0 Å². The van der Waals surface area contributed by atoms with Crippen LogP contribution < -0.4 is 14.8 Å². The molecule has 2 aromatic carbocycles. The molecule has 0 atom stereocenters. The molecule has 2 aromatic rings. The van der Waals surface area contributed by atoms with E-state index >= 15 is 0 Å². The Bertz CT molecular complexity index is 497. The molecule has 0 saturated carbocycles. The summed E-state index contributed by atoms with van der Waals surface area (Å²) < 4.78 is 10.5. The molecule has 0 fully saturated rings. The first kappa shape index (κ1) is 12.3. The third kappa shape index (κ3) is 2.94. The maximum absolute atomic E-state index is 5.33. The lowest BCUT2D eigenvalue weighted by Crippen LogP contribution is -2.01. The van der Waals surface area contributed by atoms with E-state index < -0.39 is 0 Å². The maximum Gasteiger partial charge on any atom is 0.145 e. The van der Waals surface area contributed by atoms with Gasteiger partial charge in [-0.25, -0.2) is 0 Å². The van der Waals surface area contributed by atoms with E-state index in [1.54, 1.807) is 14.2 Å². The normalized spacial score (nSPS) is 9.89. The van der Waals surface area contributed by atoms with E-state index in [1.807, 2.05) is 36.4 Å². The molecule has 0 radical (unpaired) electrons. The average molecular weight is 243 g/mol. The molecule has 0 aliphatic heterocycles. The topological polar surface area (TPSA) is 30.5 Å². The number of ether oxygens (including phenoxy) is 2. The highest BCUT2D eigenvalue weighted by Crippen LogP contribution is 2.29. The summed E-state index contributed by atoms with van der Waals surface area (Å²) in [7, 11) is 3.30. The number of hydrogen-bond donors (Lipinski definition) is 1. The number of nitrogens with one attached hydrogen (secondary N) is 1. The molecular formula is C15H17NO2. The van der Waals surface area contributed by atoms with Crippen molar-refractivity contribution in [3.05, 3.63) is 54.1 Å². The standard InChI is InChI=1S/C15H17NO2/c1-17-13-8-9-14(15(10-13)18-2)16-11-12-6-4-3-5-7-12/h3-10,16H,11H2,1-2H3. The van der Waals surface area contributed by atoms with Gasteiger partial charge in [0.1, 0.15) is 11.5 Å². The van der Waals surface area contributed by atoms with Crippen molar-refractivity contribution in [1.29, 1.82) is 0 Å². The highest BCUT2D eigenvalue weighted by atomic mass is 16.5. The highest BCUT2D eigenvalue weighted by Gasteiger charge is 2.04. The molecule has 0 unspecified atom stereocenters. The maximum atomic E-state index is 5.33. The fraction of sp³-hybridized carbons (Fsp3) is 0.200. The van der Waals surface area contributed by atoms with Crippen molar-refractivity contribution in [3.63, 3.8) is 0 Å². The molecule has 2 rings (SSSR count). The molecule has 0 saturated heterocycles. The van der Waals surface area contributed by atoms with Crippen molar-refractivity contribution in [2.24, 2.45) is 0 Å². The van der Waals surface area contributed by atoms with Gasteiger partial charge in [0.05, 0.1) is 19.9 Å². The van der Waals surface area contributed by atoms with Crippen molar-refractivity contribution in [1.82, 2.24) is 0 Å². The summed E-state index contributed by atoms with van der Waals surface area (Å²) in [6, 6.07) is 16.0. The van der Waals surface area contributed by atoms with Crippen LogP contribution in [0.15, 0.2) is 48.5 Å². The van der Waals surface area contributed by atoms with Crippen LogP contribution in [0.1, 0.15) is 5.56 Å². The lowest BCUT2D eigenvalue weighted by molar-refractivity contribution is 0.395. The first-order valence-corrected chi connectivity index (χ1v) is 5.83. The summed E-state index contributed by atoms with van der Waals surface area (Å²) in [5, 5.41) is 3.35. The Balaban J connectivity index is 2.09. The van der Waals surface area contributed by atoms with Crippen molar-refractivity contribution in [2.75, 3.05) is 19.5 Å². The smallest absolute Gasteiger partial charge is 0.145 e. The lowest BCUT2D eigenvalue weighted by atomic mass is 10.2. The summed E-state index contributed by atoms with van der Waals surface area (Å²) in [6.45, 7) is 0.767. The van der Waals surface area contributed by atoms with E-state index in [0.29, 0.717) is 0 Å². The van der Waals surface area contributed by atoms with E-state index in [4.69, 9.17) is 9.47 Å². The number of benzene rings is 2. The zero-order valence-corrected chi connectivity index (χ0v) is 10.6. The molecule has 0 heterocycles. The zero-order chi connectivity index (χ0) is 12.8. The van der Waals surface area contributed by atoms with E-state index in [2.05, 4.69) is 17.4 Å². The highest BCUT2D eigenvalue weighted by molar-refractivity contribution is 5.59. The Morgan fingerprint density at radius 2 is 1.72 bits per heavy atom. The van der Waals surface area contributed by atoms with Crippen molar-refractivity contribution < 1.29 is 9.47 Å². The molecule has 94 valence electrons. The zero-order valence-electron chi connectivity index (χ0n) is 10.6. The largest absolute Gasteiger partial charge is 0.497 e. The molecular weight excluding hydrogens is 226 g/mol. The fourth-order valence-electron chi connectivity index (χ4n) is 1.74. The van der Waals surface area contributed by atoms with Gasteiger partial charge in [-0.05, 0) is 17.7 Å². The van der Waals surface area contributed by atoms with Crippen LogP contribution in [0, 0.1) is 0 Å². The van der Waals surface area contributed by atoms with Gasteiger partial charge in [0.15, 0.2) is 0 Å². The van der Waals surface area contributed by atoms with Crippen molar-refractivity contribution in [3.8, 4) is 11.5 Å². The Morgan fingerprint density at radius 1 is 0.944 bits per heavy atom. The molecule has 18 heavy (non-hydrogen) atoms. The molecule has 1 N–H and O–H groups in total. The predicted octanol–water partition coefficient (Wildman–Crippen LogP) is 3.32. The van der Waals surface area contributed by atoms with Gasteiger partial charge in [0.2, 0.25) is 0 Å². The Hall–Kier alpha value is -2.16. The molecule has 0 spiro atoms. The van der Waals surface area contributed by atoms with Crippen LogP contribution in [-0.4, -0.2) is 14.2 Å². The quantitative estimate of drug-likeness (QED) is 0.873. The van der Waals surface area contributed by atoms with Gasteiger partial charge in [0.25, 0.3) is 0 Å². The van der Waals surface area contributed by atoms with Gasteiger partial charge >= 0.3 is 0 Å². The summed E-state index contributed by atoms with van der Waals surface area (Å²) in [6.07, 6.45) is 0. The lowest BCUT2D eigenvalue weighted by Gasteiger charge is -2.12. The summed E-state index contributed by atoms with van der Waals surface area (Å²) in [5.41, 5.74) is 2.19. The van der Waals surface area contributed by atoms with Crippen LogP contribution in [0.3, 0.4) is 0 Å². The minimum Gasteiger partial charge on any atom is -0.497 e. The molecule has 3 heteroatoms. The second-order valence-electron chi connectivity index (χ2n) is 3.91. The van der Waals surface area contributed by atoms with Crippen LogP contribution >= 0.6 is 0 Å². The second kappa shape index (κ2) is 5.96. The summed E-state index contributed by atoms with van der Waals surface area (Å²) >= 11 is 0. The number of methoxy groups -OCH3 is 2. The molecule has 3 nitrogen and oxygen atoms in total. The average Bonchev–Trinajstić information content (AvgIpc) is 2.46. The summed E-state index contributed by atoms with van der Waals surface area (Å²) in [4.78, 5) is 0. The molecule has 0 aliphatic carbocycles. The fourth-order valence-corrected chi connectivity index (χ4v) is 1.74. The predicted molar refractivity (Wildman–Crippen MR) is 73.3 cm³/mol. The van der Waals surface area contributed by atoms with Crippen LogP contribution in [-0.2, 0) is 6.54 Å². The van der Waals surface area contributed by atoms with Crippen molar-refractivity contribution in [2.45, 2.75) is 6.54 Å². The third-order valence-electron chi connectivity index (χ3n) is 2.73. The number of anilines is 1. The number of rotatable bonds is 5. The van der Waals surface area contributed by atoms with Gasteiger partial charge in [0, 0.05) is 12.6 Å². The van der Waals surface area contributed by atoms with Gasteiger partial charge < -0.3 is 14.8 Å². The molecule has 0 amide bonds. The van der Waals surface area contributed by atoms with Crippen LogP contribution in [0.5, 0.6) is 11.5 Å². The van der Waals surface area contributed by atoms with Crippen LogP contribution in [0.25, 0.3) is 0 Å². The number of hydrogen-bond acceptors (Lipinski definition) is 3. The Morgan fingerprint density at radius 3 is 2.39 bits per heavy atom. The molecule has 0 aliphatic rings. The second-order valence-corrected chi connectivity index (χ2v) is 3.91. The van der Waals surface area contributed by atoms with E-state index in [9.17, 15) is 0 Å². The van der Waals surface area contributed by atoms with Gasteiger partial charge in [-0.3, -0.25) is 0 Å². The Labute approximate surface area is 107 Å². The first-order chi connectivity index (χ1) is 8.83. The SMILES string of the molecule is COc1ccc(NCc2ccccc2)c(OC)c1. The van der Waals surface area contributed by atoms with E-state index in [-0.39, 0.29) is 0 Å². The molecule has 0 bridgehead atoms. The van der Waals surface area contributed by atoms with Crippen LogP contribution in [0.4, 0.5) is 5.69 Å². The molecule has 0 aromatic heterocycles. The van der Waals surface area contributed by atoms with E-state index in [1.165, 1.54) is 5.56 Å². The van der Waals surface area contributed by atoms with Crippen molar-refractivity contribution >= 4 is 5.69 Å². The minimum atomic E-state index is 0.767. The third-order valence-corrected chi connectivity index (χ3v) is 2.73. The van der Waals surface area contributed by atoms with Crippen LogP contribution in [0.2, 0.25) is 0 Å². The summed E-state index contributed by atoms with van der Waals surface area (Å²) in [5.74, 6) is 1.57. The minimum absolute atomic E-state index is 0.767. The monoisotopic (exact) mass is 243 g/mol. The first-order valence-electron chi connectivity index (χ1n) is 5.83. The van der Waals surface area contributed by atoms with Gasteiger partial charge in [-0.1, -0.05) is 30.3 Å². The Kier molecular flexibility index (Phi) is 4.07. The van der Waals surface area contributed by atoms with Gasteiger partial charge in [-0.2, -0.15) is 0 Å². The van der Waals surface area contributed by atoms with E-state index in [0.717, 1.165) is 23.7 Å².